The van der Waals surface area contributed by atoms with Crippen molar-refractivity contribution < 1.29 is 21.1 Å². The molecule has 1 nitrogen and oxygen atoms in total. The molecule has 0 saturated heterocycles. The third-order valence-corrected chi connectivity index (χ3v) is 8.13. The van der Waals surface area contributed by atoms with Gasteiger partial charge in [0.15, 0.2) is 0 Å². The van der Waals surface area contributed by atoms with Gasteiger partial charge in [0, 0.05) is 5.69 Å². The van der Waals surface area contributed by atoms with E-state index in [1.807, 2.05) is 0 Å². The Hall–Kier alpha value is -2.07. The molecule has 3 heteroatoms. The van der Waals surface area contributed by atoms with Gasteiger partial charge in [0.05, 0.1) is 18.9 Å². The van der Waals surface area contributed by atoms with Crippen LogP contribution in [0.5, 0.6) is 0 Å². The van der Waals surface area contributed by atoms with Crippen molar-refractivity contribution in [3.8, 4) is 22.1 Å². The molecule has 0 amide bonds. The van der Waals surface area contributed by atoms with Crippen molar-refractivity contribution in [1.82, 2.24) is 4.98 Å². The molecular weight excluding hydrogens is 576 g/mol. The minimum Gasteiger partial charge on any atom is -0.300 e. The maximum atomic E-state index is 5.10. The topological polar surface area (TPSA) is 12.9 Å². The first-order chi connectivity index (χ1) is 14.4. The first-order valence-electron chi connectivity index (χ1n) is 10.4. The van der Waals surface area contributed by atoms with Crippen LogP contribution in [-0.2, 0) is 31.9 Å². The number of rotatable bonds is 0. The minimum atomic E-state index is -0.201. The van der Waals surface area contributed by atoms with Crippen molar-refractivity contribution in [1.29, 1.82) is 0 Å². The second-order valence-electron chi connectivity index (χ2n) is 9.09. The average Bonchev–Trinajstić information content (AvgIpc) is 2.79. The van der Waals surface area contributed by atoms with Crippen molar-refractivity contribution >= 4 is 8.19 Å². The molecule has 3 heterocycles. The summed E-state index contributed by atoms with van der Waals surface area (Å²) in [5.74, 6) is 0. The van der Waals surface area contributed by atoms with Crippen LogP contribution in [0.15, 0.2) is 72.8 Å². The smallest absolute Gasteiger partial charge is 0.300 e. The van der Waals surface area contributed by atoms with E-state index in [1.165, 1.54) is 21.7 Å². The summed E-state index contributed by atoms with van der Waals surface area (Å²) in [6.45, 7) is 9.08. The zero-order valence-electron chi connectivity index (χ0n) is 18.2. The molecule has 0 saturated carbocycles. The molecule has 0 fully saturated rings. The summed E-state index contributed by atoms with van der Waals surface area (Å²) in [4.78, 5) is 5.10. The molecule has 31 heavy (non-hydrogen) atoms. The molecule has 1 unspecified atom stereocenters. The van der Waals surface area contributed by atoms with E-state index in [1.54, 1.807) is 0 Å². The van der Waals surface area contributed by atoms with Gasteiger partial charge in [-0.1, -0.05) is 38.1 Å². The van der Waals surface area contributed by atoms with Crippen LogP contribution in [0.3, 0.4) is 0 Å². The fourth-order valence-electron chi connectivity index (χ4n) is 4.18. The molecular formula is C28H25NPPt+. The van der Waals surface area contributed by atoms with Gasteiger partial charge in [-0.3, -0.25) is 0 Å². The first kappa shape index (κ1) is 22.1. The monoisotopic (exact) mass is 601 g/mol. The molecule has 0 radical (unpaired) electrons. The molecule has 0 spiro atoms. The van der Waals surface area contributed by atoms with Gasteiger partial charge in [-0.05, 0) is 37.1 Å². The molecule has 0 aliphatic carbocycles. The van der Waals surface area contributed by atoms with E-state index < -0.39 is 0 Å². The van der Waals surface area contributed by atoms with Crippen LogP contribution in [-0.4, -0.2) is 4.98 Å². The zero-order valence-corrected chi connectivity index (χ0v) is 21.5. The summed E-state index contributed by atoms with van der Waals surface area (Å²) < 4.78 is 0. The summed E-state index contributed by atoms with van der Waals surface area (Å²) in [5.41, 5.74) is 6.30. The van der Waals surface area contributed by atoms with Crippen LogP contribution in [0.4, 0.5) is 0 Å². The molecule has 1 aliphatic heterocycles. The van der Waals surface area contributed by atoms with Crippen molar-refractivity contribution in [3.05, 3.63) is 107 Å². The second kappa shape index (κ2) is 8.12. The molecule has 1 aliphatic rings. The van der Waals surface area contributed by atoms with E-state index in [0.717, 1.165) is 22.5 Å². The Bertz CT molecular complexity index is 1070. The van der Waals surface area contributed by atoms with E-state index in [-0.39, 0.29) is 31.9 Å². The molecule has 156 valence electrons. The average molecular weight is 602 g/mol. The number of aromatic nitrogens is 1. The Labute approximate surface area is 201 Å². The summed E-state index contributed by atoms with van der Waals surface area (Å²) in [6, 6.07) is 33.4. The number of nitrogens with zero attached hydrogens (tertiary/aromatic N) is 1. The van der Waals surface area contributed by atoms with Gasteiger partial charge in [0.25, 0.3) is 0 Å². The van der Waals surface area contributed by atoms with Crippen molar-refractivity contribution in [2.45, 2.75) is 38.5 Å². The minimum absolute atomic E-state index is 0. The molecule has 0 N–H and O–H groups in total. The van der Waals surface area contributed by atoms with E-state index in [0.29, 0.717) is 8.19 Å². The standard InChI is InChI=1S/C28H24NP.Pt/c1-27(2)21-11-5-9-19(17-21)23-13-7-15-25(29-23)28(3,4)26-16-8-14-24(30-26)20-10-6-12-22(27)18-20;/h5-16H,1-4H3;/q-2;+2/p+1. The van der Waals surface area contributed by atoms with Gasteiger partial charge in [-0.15, -0.1) is 70.8 Å². The number of hydrogen-bond donors (Lipinski definition) is 0. The normalized spacial score (nSPS) is 15.6. The molecule has 2 aromatic carbocycles. The summed E-state index contributed by atoms with van der Waals surface area (Å²) >= 11 is 0. The number of pyridine rings is 1. The van der Waals surface area contributed by atoms with Crippen molar-refractivity contribution in [3.63, 3.8) is 0 Å². The van der Waals surface area contributed by atoms with Gasteiger partial charge in [-0.2, -0.15) is 0 Å². The largest absolute Gasteiger partial charge is 2.00 e. The molecule has 8 bridgehead atoms. The van der Waals surface area contributed by atoms with Crippen LogP contribution in [0.25, 0.3) is 22.1 Å². The van der Waals surface area contributed by atoms with Crippen LogP contribution >= 0.6 is 8.19 Å². The fraction of sp³-hybridized carbons (Fsp3) is 0.214. The zero-order chi connectivity index (χ0) is 20.9. The summed E-state index contributed by atoms with van der Waals surface area (Å²) in [7, 11) is 0.604. The second-order valence-corrected chi connectivity index (χ2v) is 10.4. The van der Waals surface area contributed by atoms with E-state index in [4.69, 9.17) is 4.98 Å². The third-order valence-electron chi connectivity index (χ3n) is 6.36. The van der Waals surface area contributed by atoms with Crippen LogP contribution in [0.2, 0.25) is 0 Å². The Morgan fingerprint density at radius 1 is 0.677 bits per heavy atom. The van der Waals surface area contributed by atoms with E-state index in [2.05, 4.69) is 113 Å². The Morgan fingerprint density at radius 2 is 1.29 bits per heavy atom. The van der Waals surface area contributed by atoms with Gasteiger partial charge < -0.3 is 4.98 Å². The third kappa shape index (κ3) is 3.84. The van der Waals surface area contributed by atoms with Crippen molar-refractivity contribution in [2.24, 2.45) is 0 Å². The summed E-state index contributed by atoms with van der Waals surface area (Å²) in [6.07, 6.45) is 0. The molecule has 4 aromatic rings. The number of benzene rings is 2. The Morgan fingerprint density at radius 3 is 2.03 bits per heavy atom. The van der Waals surface area contributed by atoms with E-state index in [9.17, 15) is 0 Å². The molecule has 5 rings (SSSR count). The van der Waals surface area contributed by atoms with E-state index >= 15 is 0 Å². The fourth-order valence-corrected chi connectivity index (χ4v) is 5.55. The Balaban J connectivity index is 0.00000231. The van der Waals surface area contributed by atoms with Gasteiger partial charge in [0.1, 0.15) is 5.30 Å². The molecule has 1 atom stereocenters. The SMILES string of the molecule is CC1(C)c2[c-]c(ccc2)-c2cccc(n2)C(C)(C)c2cccc([pH+]2)-c2[c-]c1ccc2.[Pt+2]. The van der Waals surface area contributed by atoms with Crippen LogP contribution in [0.1, 0.15) is 49.8 Å². The maximum absolute atomic E-state index is 5.10. The van der Waals surface area contributed by atoms with Gasteiger partial charge in [-0.25, -0.2) is 0 Å². The number of hydrogen-bond acceptors (Lipinski definition) is 1. The van der Waals surface area contributed by atoms with Crippen molar-refractivity contribution in [2.75, 3.05) is 0 Å². The Kier molecular flexibility index (Phi) is 5.80. The van der Waals surface area contributed by atoms with Gasteiger partial charge in [0.2, 0.25) is 0 Å². The van der Waals surface area contributed by atoms with Crippen LogP contribution < -0.4 is 0 Å². The first-order valence-corrected chi connectivity index (χ1v) is 11.4. The predicted octanol–water partition coefficient (Wildman–Crippen LogP) is 7.29. The van der Waals surface area contributed by atoms with Gasteiger partial charge >= 0.3 is 21.1 Å². The predicted molar refractivity (Wildman–Crippen MR) is 127 cm³/mol. The maximum Gasteiger partial charge on any atom is 2.00 e. The van der Waals surface area contributed by atoms with Crippen LogP contribution in [0, 0.1) is 12.1 Å². The summed E-state index contributed by atoms with van der Waals surface area (Å²) in [5, 5.41) is 2.74. The molecule has 2 aromatic heterocycles. The quantitative estimate of drug-likeness (QED) is 0.193. The number of fused-ring (bicyclic) bond motifs is 10.